The molecule has 3 atom stereocenters. The van der Waals surface area contributed by atoms with E-state index >= 15 is 0 Å². The molecule has 2 aliphatic rings. The third kappa shape index (κ3) is 2.93. The average molecular weight is 242 g/mol. The molecule has 1 aliphatic carbocycles. The van der Waals surface area contributed by atoms with Crippen molar-refractivity contribution in [3.05, 3.63) is 0 Å². The Hall–Kier alpha value is 0.270. The molecule has 0 radical (unpaired) electrons. The van der Waals surface area contributed by atoms with E-state index in [0.29, 0.717) is 0 Å². The van der Waals surface area contributed by atoms with Crippen molar-refractivity contribution in [2.45, 2.75) is 56.4 Å². The molecule has 94 valence electrons. The number of nitrogens with one attached hydrogen (secondary N) is 1. The van der Waals surface area contributed by atoms with E-state index in [2.05, 4.69) is 35.2 Å². The van der Waals surface area contributed by atoms with Crippen molar-refractivity contribution in [2.24, 2.45) is 0 Å². The molecule has 0 amide bonds. The van der Waals surface area contributed by atoms with Gasteiger partial charge in [0.05, 0.1) is 0 Å². The maximum absolute atomic E-state index is 3.67. The highest BCUT2D eigenvalue weighted by atomic mass is 32.2. The zero-order valence-corrected chi connectivity index (χ0v) is 11.6. The van der Waals surface area contributed by atoms with E-state index in [0.717, 1.165) is 17.3 Å². The molecule has 0 aromatic carbocycles. The molecule has 1 aliphatic heterocycles. The third-order valence-corrected chi connectivity index (χ3v) is 5.35. The van der Waals surface area contributed by atoms with E-state index in [1.165, 1.54) is 51.7 Å². The van der Waals surface area contributed by atoms with Crippen LogP contribution in [0.15, 0.2) is 0 Å². The van der Waals surface area contributed by atoms with Crippen LogP contribution in [0.25, 0.3) is 0 Å². The zero-order valence-electron chi connectivity index (χ0n) is 10.7. The smallest absolute Gasteiger partial charge is 0.0215 e. The van der Waals surface area contributed by atoms with Crippen molar-refractivity contribution in [1.82, 2.24) is 10.2 Å². The second kappa shape index (κ2) is 6.27. The molecular weight excluding hydrogens is 216 g/mol. The monoisotopic (exact) mass is 242 g/mol. The van der Waals surface area contributed by atoms with E-state index in [9.17, 15) is 0 Å². The van der Waals surface area contributed by atoms with E-state index in [1.54, 1.807) is 0 Å². The van der Waals surface area contributed by atoms with Crippen LogP contribution >= 0.6 is 11.8 Å². The first-order chi connectivity index (χ1) is 7.85. The molecular formula is C13H26N2S. The van der Waals surface area contributed by atoms with E-state index in [4.69, 9.17) is 0 Å². The predicted molar refractivity (Wildman–Crippen MR) is 73.2 cm³/mol. The van der Waals surface area contributed by atoms with Gasteiger partial charge in [-0.3, -0.25) is 4.90 Å². The Kier molecular flexibility index (Phi) is 4.98. The topological polar surface area (TPSA) is 15.3 Å². The molecule has 16 heavy (non-hydrogen) atoms. The Morgan fingerprint density at radius 2 is 2.19 bits per heavy atom. The summed E-state index contributed by atoms with van der Waals surface area (Å²) in [4.78, 5) is 2.78. The fourth-order valence-corrected chi connectivity index (χ4v) is 4.23. The molecule has 3 heteroatoms. The molecule has 2 nitrogen and oxygen atoms in total. The quantitative estimate of drug-likeness (QED) is 0.818. The maximum Gasteiger partial charge on any atom is 0.0215 e. The highest BCUT2D eigenvalue weighted by Gasteiger charge is 2.32. The van der Waals surface area contributed by atoms with Crippen LogP contribution in [-0.2, 0) is 0 Å². The summed E-state index contributed by atoms with van der Waals surface area (Å²) >= 11 is 2.09. The molecule has 2 rings (SSSR count). The summed E-state index contributed by atoms with van der Waals surface area (Å²) < 4.78 is 0. The first-order valence-corrected chi connectivity index (χ1v) is 8.14. The van der Waals surface area contributed by atoms with Crippen LogP contribution < -0.4 is 5.32 Å². The Labute approximate surface area is 105 Å². The van der Waals surface area contributed by atoms with Gasteiger partial charge in [-0.25, -0.2) is 0 Å². The van der Waals surface area contributed by atoms with Crippen molar-refractivity contribution in [1.29, 1.82) is 0 Å². The predicted octanol–water partition coefficient (Wildman–Crippen LogP) is 2.34. The van der Waals surface area contributed by atoms with Crippen LogP contribution in [0.3, 0.4) is 0 Å². The maximum atomic E-state index is 3.67. The fourth-order valence-electron chi connectivity index (χ4n) is 3.20. The molecule has 1 N–H and O–H groups in total. The second-order valence-corrected chi connectivity index (χ2v) is 6.26. The molecule has 0 aromatic rings. The standard InChI is InChI=1S/C13H26N2S/c1-3-11-10-15(9-5-8-14-11)12-6-4-7-13(12)16-2/h11-14H,3-10H2,1-2H3. The Morgan fingerprint density at radius 1 is 1.31 bits per heavy atom. The van der Waals surface area contributed by atoms with Gasteiger partial charge in [-0.15, -0.1) is 0 Å². The summed E-state index contributed by atoms with van der Waals surface area (Å²) in [5.74, 6) is 0. The van der Waals surface area contributed by atoms with Gasteiger partial charge in [-0.05, 0) is 45.0 Å². The number of rotatable bonds is 3. The van der Waals surface area contributed by atoms with Crippen LogP contribution in [0, 0.1) is 0 Å². The van der Waals surface area contributed by atoms with Crippen LogP contribution in [0.4, 0.5) is 0 Å². The number of thioether (sulfide) groups is 1. The molecule has 2 fully saturated rings. The van der Waals surface area contributed by atoms with Gasteiger partial charge < -0.3 is 5.32 Å². The Balaban J connectivity index is 1.95. The zero-order chi connectivity index (χ0) is 11.4. The van der Waals surface area contributed by atoms with Crippen LogP contribution in [-0.4, -0.2) is 48.1 Å². The first-order valence-electron chi connectivity index (χ1n) is 6.85. The van der Waals surface area contributed by atoms with Crippen LogP contribution in [0.1, 0.15) is 39.0 Å². The largest absolute Gasteiger partial charge is 0.313 e. The van der Waals surface area contributed by atoms with Crippen molar-refractivity contribution >= 4 is 11.8 Å². The summed E-state index contributed by atoms with van der Waals surface area (Å²) in [5, 5.41) is 4.57. The van der Waals surface area contributed by atoms with Crippen LogP contribution in [0.5, 0.6) is 0 Å². The van der Waals surface area contributed by atoms with Gasteiger partial charge >= 0.3 is 0 Å². The highest BCUT2D eigenvalue weighted by Crippen LogP contribution is 2.32. The molecule has 0 bridgehead atoms. The van der Waals surface area contributed by atoms with Crippen LogP contribution in [0.2, 0.25) is 0 Å². The molecule has 3 unspecified atom stereocenters. The number of nitrogens with zero attached hydrogens (tertiary/aromatic N) is 1. The minimum absolute atomic E-state index is 0.727. The van der Waals surface area contributed by atoms with Crippen molar-refractivity contribution in [3.63, 3.8) is 0 Å². The van der Waals surface area contributed by atoms with E-state index in [-0.39, 0.29) is 0 Å². The lowest BCUT2D eigenvalue weighted by molar-refractivity contribution is 0.197. The molecule has 0 spiro atoms. The molecule has 1 saturated heterocycles. The van der Waals surface area contributed by atoms with Gasteiger partial charge in [0.1, 0.15) is 0 Å². The highest BCUT2D eigenvalue weighted by molar-refractivity contribution is 7.99. The van der Waals surface area contributed by atoms with Gasteiger partial charge in [0, 0.05) is 23.9 Å². The van der Waals surface area contributed by atoms with Crippen molar-refractivity contribution in [3.8, 4) is 0 Å². The van der Waals surface area contributed by atoms with Gasteiger partial charge in [-0.1, -0.05) is 13.3 Å². The first kappa shape index (κ1) is 12.7. The molecule has 1 saturated carbocycles. The molecule has 0 aromatic heterocycles. The van der Waals surface area contributed by atoms with Gasteiger partial charge in [0.25, 0.3) is 0 Å². The molecule has 1 heterocycles. The number of hydrogen-bond acceptors (Lipinski definition) is 3. The lowest BCUT2D eigenvalue weighted by atomic mass is 10.1. The summed E-state index contributed by atoms with van der Waals surface area (Å²) in [5.41, 5.74) is 0. The van der Waals surface area contributed by atoms with Gasteiger partial charge in [-0.2, -0.15) is 11.8 Å². The summed E-state index contributed by atoms with van der Waals surface area (Å²) in [7, 11) is 0. The second-order valence-electron chi connectivity index (χ2n) is 5.18. The summed E-state index contributed by atoms with van der Waals surface area (Å²) in [6, 6.07) is 1.59. The fraction of sp³-hybridized carbons (Fsp3) is 1.00. The lowest BCUT2D eigenvalue weighted by Gasteiger charge is -2.33. The number of hydrogen-bond donors (Lipinski definition) is 1. The van der Waals surface area contributed by atoms with Gasteiger partial charge in [0.15, 0.2) is 0 Å². The Bertz CT molecular complexity index is 210. The lowest BCUT2D eigenvalue weighted by Crippen LogP contribution is -2.44. The van der Waals surface area contributed by atoms with E-state index in [1.807, 2.05) is 0 Å². The average Bonchev–Trinajstić information content (AvgIpc) is 2.66. The van der Waals surface area contributed by atoms with E-state index < -0.39 is 0 Å². The summed E-state index contributed by atoms with van der Waals surface area (Å²) in [6.07, 6.45) is 9.20. The third-order valence-electron chi connectivity index (χ3n) is 4.19. The van der Waals surface area contributed by atoms with Gasteiger partial charge in [0.2, 0.25) is 0 Å². The van der Waals surface area contributed by atoms with Crippen molar-refractivity contribution in [2.75, 3.05) is 25.9 Å². The minimum atomic E-state index is 0.727. The normalized spacial score (nSPS) is 37.5. The SMILES string of the molecule is CCC1CN(C2CCCC2SC)CCCN1. The minimum Gasteiger partial charge on any atom is -0.313 e. The van der Waals surface area contributed by atoms with Crippen molar-refractivity contribution < 1.29 is 0 Å². The Morgan fingerprint density at radius 3 is 2.94 bits per heavy atom. The summed E-state index contributed by atoms with van der Waals surface area (Å²) in [6.45, 7) is 6.11.